The van der Waals surface area contributed by atoms with E-state index < -0.39 is 17.7 Å². The molecular formula is C23H31N5O3. The van der Waals surface area contributed by atoms with Crippen molar-refractivity contribution < 1.29 is 14.3 Å². The summed E-state index contributed by atoms with van der Waals surface area (Å²) in [6, 6.07) is 10.9. The summed E-state index contributed by atoms with van der Waals surface area (Å²) >= 11 is 0. The molecule has 31 heavy (non-hydrogen) atoms. The highest BCUT2D eigenvalue weighted by Gasteiger charge is 2.30. The van der Waals surface area contributed by atoms with E-state index in [9.17, 15) is 9.59 Å². The molecule has 0 radical (unpaired) electrons. The molecule has 3 rings (SSSR count). The number of nitrogens with one attached hydrogen (secondary N) is 1. The third kappa shape index (κ3) is 6.67. The molecule has 8 nitrogen and oxygen atoms in total. The van der Waals surface area contributed by atoms with Crippen molar-refractivity contribution in [2.75, 3.05) is 31.1 Å². The summed E-state index contributed by atoms with van der Waals surface area (Å²) in [5.41, 5.74) is 1.26. The third-order valence-electron chi connectivity index (χ3n) is 4.98. The van der Waals surface area contributed by atoms with Crippen LogP contribution in [0.1, 0.15) is 32.0 Å². The molecular weight excluding hydrogens is 394 g/mol. The fourth-order valence-electron chi connectivity index (χ4n) is 3.49. The number of anilines is 1. The standard InChI is InChI=1S/C23H31N5O3/c1-17-14-20(25-16-24-17)27-10-12-28(13-11-27)21(29)19(15-18-8-6-5-7-9-18)26-22(30)31-23(2,3)4/h5-9,14,16,19H,10-13,15H2,1-4H3,(H,26,30). The van der Waals surface area contributed by atoms with Gasteiger partial charge in [-0.2, -0.15) is 0 Å². The van der Waals surface area contributed by atoms with E-state index in [4.69, 9.17) is 4.74 Å². The number of hydrogen-bond acceptors (Lipinski definition) is 6. The summed E-state index contributed by atoms with van der Waals surface area (Å²) in [6.45, 7) is 9.80. The molecule has 1 aromatic heterocycles. The van der Waals surface area contributed by atoms with Crippen molar-refractivity contribution in [1.29, 1.82) is 0 Å². The van der Waals surface area contributed by atoms with Crippen LogP contribution in [0, 0.1) is 6.92 Å². The number of alkyl carbamates (subject to hydrolysis) is 1. The smallest absolute Gasteiger partial charge is 0.408 e. The van der Waals surface area contributed by atoms with Crippen LogP contribution < -0.4 is 10.2 Å². The summed E-state index contributed by atoms with van der Waals surface area (Å²) in [5, 5.41) is 2.78. The summed E-state index contributed by atoms with van der Waals surface area (Å²) in [7, 11) is 0. The van der Waals surface area contributed by atoms with Gasteiger partial charge in [0.1, 0.15) is 23.8 Å². The minimum absolute atomic E-state index is 0.103. The van der Waals surface area contributed by atoms with E-state index in [1.165, 1.54) is 0 Å². The van der Waals surface area contributed by atoms with E-state index >= 15 is 0 Å². The van der Waals surface area contributed by atoms with E-state index in [-0.39, 0.29) is 5.91 Å². The monoisotopic (exact) mass is 425 g/mol. The van der Waals surface area contributed by atoms with E-state index in [2.05, 4.69) is 20.2 Å². The normalized spacial score (nSPS) is 15.4. The Kier molecular flexibility index (Phi) is 7.09. The van der Waals surface area contributed by atoms with Crippen LogP contribution in [0.3, 0.4) is 0 Å². The highest BCUT2D eigenvalue weighted by atomic mass is 16.6. The zero-order chi connectivity index (χ0) is 22.4. The van der Waals surface area contributed by atoms with Gasteiger partial charge < -0.3 is 19.9 Å². The molecule has 1 aromatic carbocycles. The van der Waals surface area contributed by atoms with Crippen LogP contribution in [0.2, 0.25) is 0 Å². The molecule has 1 saturated heterocycles. The number of piperazine rings is 1. The van der Waals surface area contributed by atoms with Crippen molar-refractivity contribution in [3.8, 4) is 0 Å². The maximum Gasteiger partial charge on any atom is 0.408 e. The summed E-state index contributed by atoms with van der Waals surface area (Å²) in [5.74, 6) is 0.764. The lowest BCUT2D eigenvalue weighted by atomic mass is 10.0. The van der Waals surface area contributed by atoms with Crippen LogP contribution in [0.5, 0.6) is 0 Å². The molecule has 1 atom stereocenters. The Morgan fingerprint density at radius 1 is 1.10 bits per heavy atom. The zero-order valence-electron chi connectivity index (χ0n) is 18.7. The Balaban J connectivity index is 1.66. The van der Waals surface area contributed by atoms with Gasteiger partial charge in [0.25, 0.3) is 0 Å². The van der Waals surface area contributed by atoms with Crippen LogP contribution in [0.15, 0.2) is 42.7 Å². The molecule has 1 N–H and O–H groups in total. The van der Waals surface area contributed by atoms with E-state index in [1.807, 2.05) is 43.3 Å². The fraction of sp³-hybridized carbons (Fsp3) is 0.478. The van der Waals surface area contributed by atoms with Crippen LogP contribution in [-0.2, 0) is 16.0 Å². The minimum Gasteiger partial charge on any atom is -0.444 e. The SMILES string of the molecule is Cc1cc(N2CCN(C(=O)C(Cc3ccccc3)NC(=O)OC(C)(C)C)CC2)ncn1. The molecule has 0 bridgehead atoms. The molecule has 1 unspecified atom stereocenters. The van der Waals surface area contributed by atoms with Crippen LogP contribution >= 0.6 is 0 Å². The van der Waals surface area contributed by atoms with Gasteiger partial charge in [-0.1, -0.05) is 30.3 Å². The van der Waals surface area contributed by atoms with Crippen molar-refractivity contribution >= 4 is 17.8 Å². The lowest BCUT2D eigenvalue weighted by Crippen LogP contribution is -2.56. The van der Waals surface area contributed by atoms with E-state index in [1.54, 1.807) is 32.0 Å². The zero-order valence-corrected chi connectivity index (χ0v) is 18.7. The van der Waals surface area contributed by atoms with Gasteiger partial charge in [0.2, 0.25) is 5.91 Å². The number of rotatable bonds is 5. The first-order valence-corrected chi connectivity index (χ1v) is 10.6. The van der Waals surface area contributed by atoms with Gasteiger partial charge in [-0.15, -0.1) is 0 Å². The number of carbonyl (C=O) groups excluding carboxylic acids is 2. The molecule has 2 amide bonds. The average molecular weight is 426 g/mol. The number of benzene rings is 1. The first-order chi connectivity index (χ1) is 14.7. The Morgan fingerprint density at radius 3 is 2.39 bits per heavy atom. The second kappa shape index (κ2) is 9.76. The van der Waals surface area contributed by atoms with E-state index in [0.717, 1.165) is 17.1 Å². The topological polar surface area (TPSA) is 87.7 Å². The number of nitrogens with zero attached hydrogens (tertiary/aromatic N) is 4. The Hall–Kier alpha value is -3.16. The molecule has 0 aliphatic carbocycles. The quantitative estimate of drug-likeness (QED) is 0.792. The first kappa shape index (κ1) is 22.5. The first-order valence-electron chi connectivity index (χ1n) is 10.6. The van der Waals surface area contributed by atoms with Crippen molar-refractivity contribution in [3.05, 3.63) is 54.0 Å². The molecule has 2 aromatic rings. The summed E-state index contributed by atoms with van der Waals surface area (Å²) < 4.78 is 5.39. The van der Waals surface area contributed by atoms with Gasteiger partial charge in [-0.05, 0) is 33.3 Å². The lowest BCUT2D eigenvalue weighted by Gasteiger charge is -2.37. The molecule has 8 heteroatoms. The molecule has 166 valence electrons. The Labute approximate surface area is 183 Å². The van der Waals surface area contributed by atoms with Crippen LogP contribution in [0.4, 0.5) is 10.6 Å². The second-order valence-corrected chi connectivity index (χ2v) is 8.72. The summed E-state index contributed by atoms with van der Waals surface area (Å²) in [6.07, 6.45) is 1.38. The van der Waals surface area contributed by atoms with Gasteiger partial charge in [0.05, 0.1) is 0 Å². The van der Waals surface area contributed by atoms with Crippen LogP contribution in [0.25, 0.3) is 0 Å². The fourth-order valence-corrected chi connectivity index (χ4v) is 3.49. The predicted octanol–water partition coefficient (Wildman–Crippen LogP) is 2.57. The Morgan fingerprint density at radius 2 is 1.77 bits per heavy atom. The van der Waals surface area contributed by atoms with Gasteiger partial charge in [-0.25, -0.2) is 14.8 Å². The number of hydrogen-bond donors (Lipinski definition) is 1. The van der Waals surface area contributed by atoms with Crippen molar-refractivity contribution in [3.63, 3.8) is 0 Å². The van der Waals surface area contributed by atoms with E-state index in [0.29, 0.717) is 32.6 Å². The minimum atomic E-state index is -0.690. The van der Waals surface area contributed by atoms with Gasteiger partial charge in [-0.3, -0.25) is 4.79 Å². The Bertz CT molecular complexity index is 890. The maximum absolute atomic E-state index is 13.3. The maximum atomic E-state index is 13.3. The van der Waals surface area contributed by atoms with Crippen LogP contribution in [-0.4, -0.2) is 64.7 Å². The number of amides is 2. The second-order valence-electron chi connectivity index (χ2n) is 8.72. The number of carbonyl (C=O) groups is 2. The lowest BCUT2D eigenvalue weighted by molar-refractivity contribution is -0.133. The molecule has 2 heterocycles. The van der Waals surface area contributed by atoms with Gasteiger partial charge in [0.15, 0.2) is 0 Å². The van der Waals surface area contributed by atoms with Gasteiger partial charge >= 0.3 is 6.09 Å². The molecule has 0 spiro atoms. The average Bonchev–Trinajstić information content (AvgIpc) is 2.72. The molecule has 1 fully saturated rings. The largest absolute Gasteiger partial charge is 0.444 e. The predicted molar refractivity (Wildman–Crippen MR) is 119 cm³/mol. The molecule has 0 saturated carbocycles. The summed E-state index contributed by atoms with van der Waals surface area (Å²) in [4.78, 5) is 38.1. The number of ether oxygens (including phenoxy) is 1. The highest BCUT2D eigenvalue weighted by molar-refractivity contribution is 5.86. The molecule has 1 aliphatic heterocycles. The third-order valence-corrected chi connectivity index (χ3v) is 4.98. The van der Waals surface area contributed by atoms with Crippen molar-refractivity contribution in [2.45, 2.75) is 45.8 Å². The number of aryl methyl sites for hydroxylation is 1. The van der Waals surface area contributed by atoms with Crippen molar-refractivity contribution in [2.24, 2.45) is 0 Å². The highest BCUT2D eigenvalue weighted by Crippen LogP contribution is 2.15. The number of aromatic nitrogens is 2. The van der Waals surface area contributed by atoms with Gasteiger partial charge in [0, 0.05) is 44.4 Å². The molecule has 1 aliphatic rings. The van der Waals surface area contributed by atoms with Crippen molar-refractivity contribution in [1.82, 2.24) is 20.2 Å².